The van der Waals surface area contributed by atoms with Gasteiger partial charge in [-0.1, -0.05) is 6.07 Å². The van der Waals surface area contributed by atoms with E-state index in [1.165, 1.54) is 6.07 Å². The van der Waals surface area contributed by atoms with Crippen LogP contribution in [0.15, 0.2) is 18.2 Å². The number of ketones is 1. The van der Waals surface area contributed by atoms with E-state index in [0.29, 0.717) is 6.42 Å². The van der Waals surface area contributed by atoms with Gasteiger partial charge in [0, 0.05) is 5.92 Å². The van der Waals surface area contributed by atoms with Crippen LogP contribution in [0.1, 0.15) is 23.5 Å². The number of aromatic hydroxyl groups is 1. The summed E-state index contributed by atoms with van der Waals surface area (Å²) in [5.41, 5.74) is 1.78. The number of Topliss-reactive ketones (excluding diaryl/α,β-unsaturated/α-hetero) is 1. The highest BCUT2D eigenvalue weighted by atomic mass is 16.4. The van der Waals surface area contributed by atoms with Crippen LogP contribution in [0.5, 0.6) is 5.75 Å². The highest BCUT2D eigenvalue weighted by Gasteiger charge is 2.32. The third kappa shape index (κ3) is 1.70. The molecule has 2 N–H and O–H groups in total. The van der Waals surface area contributed by atoms with Crippen molar-refractivity contribution in [3.8, 4) is 5.75 Å². The van der Waals surface area contributed by atoms with Crippen LogP contribution >= 0.6 is 0 Å². The molecule has 15 heavy (non-hydrogen) atoms. The minimum Gasteiger partial charge on any atom is -0.508 e. The number of carbonyl (C=O) groups excluding carboxylic acids is 1. The van der Waals surface area contributed by atoms with Gasteiger partial charge in [-0.25, -0.2) is 0 Å². The van der Waals surface area contributed by atoms with Crippen molar-refractivity contribution >= 4 is 11.8 Å². The highest BCUT2D eigenvalue weighted by molar-refractivity contribution is 6.00. The number of carboxylic acids is 1. The summed E-state index contributed by atoms with van der Waals surface area (Å²) in [4.78, 5) is 21.8. The van der Waals surface area contributed by atoms with E-state index < -0.39 is 12.4 Å². The van der Waals surface area contributed by atoms with Crippen molar-refractivity contribution in [3.05, 3.63) is 29.3 Å². The predicted octanol–water partition coefficient (Wildman–Crippen LogP) is 1.08. The lowest BCUT2D eigenvalue weighted by Gasteiger charge is -2.28. The molecule has 0 bridgehead atoms. The van der Waals surface area contributed by atoms with Crippen molar-refractivity contribution in [2.45, 2.75) is 18.8 Å². The van der Waals surface area contributed by atoms with Crippen molar-refractivity contribution in [2.24, 2.45) is 0 Å². The predicted molar refractivity (Wildman–Crippen MR) is 51.8 cm³/mol. The lowest BCUT2D eigenvalue weighted by Crippen LogP contribution is -2.26. The molecule has 1 aromatic carbocycles. The van der Waals surface area contributed by atoms with E-state index in [2.05, 4.69) is 0 Å². The maximum atomic E-state index is 11.4. The zero-order valence-electron chi connectivity index (χ0n) is 7.93. The van der Waals surface area contributed by atoms with Gasteiger partial charge in [0.15, 0.2) is 5.78 Å². The molecule has 1 unspecified atom stereocenters. The third-order valence-corrected chi connectivity index (χ3v) is 2.64. The smallest absolute Gasteiger partial charge is 0.310 e. The van der Waals surface area contributed by atoms with Gasteiger partial charge >= 0.3 is 5.97 Å². The van der Waals surface area contributed by atoms with Crippen LogP contribution in [0.4, 0.5) is 0 Å². The summed E-state index contributed by atoms with van der Waals surface area (Å²) in [5.74, 6) is -1.47. The summed E-state index contributed by atoms with van der Waals surface area (Å²) >= 11 is 0. The Morgan fingerprint density at radius 3 is 2.73 bits per heavy atom. The van der Waals surface area contributed by atoms with Gasteiger partial charge < -0.3 is 10.2 Å². The number of hydrogen-bond donors (Lipinski definition) is 2. The van der Waals surface area contributed by atoms with E-state index in [-0.39, 0.29) is 17.5 Å². The summed E-state index contributed by atoms with van der Waals surface area (Å²) < 4.78 is 0. The Morgan fingerprint density at radius 1 is 1.40 bits per heavy atom. The molecule has 4 heteroatoms. The van der Waals surface area contributed by atoms with Crippen molar-refractivity contribution in [1.29, 1.82) is 0 Å². The zero-order chi connectivity index (χ0) is 11.0. The van der Waals surface area contributed by atoms with E-state index in [4.69, 9.17) is 10.2 Å². The summed E-state index contributed by atoms with van der Waals surface area (Å²) in [6.45, 7) is 0. The fraction of sp³-hybridized carbons (Fsp3) is 0.273. The van der Waals surface area contributed by atoms with Crippen LogP contribution in [-0.4, -0.2) is 22.0 Å². The Labute approximate surface area is 86.2 Å². The van der Waals surface area contributed by atoms with Gasteiger partial charge in [-0.05, 0) is 29.7 Å². The minimum absolute atomic E-state index is 0.179. The maximum Gasteiger partial charge on any atom is 0.310 e. The SMILES string of the molecule is O=C(O)CC(=O)C1Cc2cc(O)ccc21. The second-order valence-electron chi connectivity index (χ2n) is 3.68. The average molecular weight is 206 g/mol. The second kappa shape index (κ2) is 3.38. The van der Waals surface area contributed by atoms with Crippen LogP contribution in [0, 0.1) is 0 Å². The number of benzene rings is 1. The van der Waals surface area contributed by atoms with E-state index in [0.717, 1.165) is 11.1 Å². The number of fused-ring (bicyclic) bond motifs is 1. The quantitative estimate of drug-likeness (QED) is 0.725. The third-order valence-electron chi connectivity index (χ3n) is 2.64. The lowest BCUT2D eigenvalue weighted by molar-refractivity contribution is -0.140. The number of aliphatic carboxylic acids is 1. The lowest BCUT2D eigenvalue weighted by atomic mass is 9.74. The first kappa shape index (κ1) is 9.71. The van der Waals surface area contributed by atoms with Gasteiger partial charge in [0.05, 0.1) is 0 Å². The number of rotatable bonds is 3. The topological polar surface area (TPSA) is 74.6 Å². The molecule has 0 aliphatic heterocycles. The molecule has 2 rings (SSSR count). The van der Waals surface area contributed by atoms with Crippen molar-refractivity contribution in [1.82, 2.24) is 0 Å². The molecule has 0 radical (unpaired) electrons. The Bertz CT molecular complexity index is 436. The summed E-state index contributed by atoms with van der Waals surface area (Å²) in [6, 6.07) is 4.80. The number of carbonyl (C=O) groups is 2. The fourth-order valence-corrected chi connectivity index (χ4v) is 1.87. The van der Waals surface area contributed by atoms with Gasteiger partial charge in [0.25, 0.3) is 0 Å². The van der Waals surface area contributed by atoms with Crippen LogP contribution in [0.2, 0.25) is 0 Å². The number of hydrogen-bond acceptors (Lipinski definition) is 3. The molecule has 0 saturated heterocycles. The van der Waals surface area contributed by atoms with Crippen molar-refractivity contribution in [2.75, 3.05) is 0 Å². The molecule has 0 heterocycles. The normalized spacial score (nSPS) is 17.7. The van der Waals surface area contributed by atoms with Gasteiger partial charge in [-0.2, -0.15) is 0 Å². The number of phenols is 1. The van der Waals surface area contributed by atoms with E-state index >= 15 is 0 Å². The molecular weight excluding hydrogens is 196 g/mol. The maximum absolute atomic E-state index is 11.4. The highest BCUT2D eigenvalue weighted by Crippen LogP contribution is 2.38. The van der Waals surface area contributed by atoms with Gasteiger partial charge in [-0.3, -0.25) is 9.59 Å². The largest absolute Gasteiger partial charge is 0.508 e. The van der Waals surface area contributed by atoms with E-state index in [1.807, 2.05) is 0 Å². The molecule has 0 fully saturated rings. The number of phenolic OH excluding ortho intramolecular Hbond substituents is 1. The van der Waals surface area contributed by atoms with Crippen LogP contribution < -0.4 is 0 Å². The molecule has 0 aromatic heterocycles. The molecule has 1 aliphatic carbocycles. The first-order valence-electron chi connectivity index (χ1n) is 4.64. The Balaban J connectivity index is 2.14. The fourth-order valence-electron chi connectivity index (χ4n) is 1.87. The first-order chi connectivity index (χ1) is 7.08. The van der Waals surface area contributed by atoms with E-state index in [1.54, 1.807) is 12.1 Å². The number of carboxylic acid groups (broad SMARTS) is 1. The minimum atomic E-state index is -1.09. The Hall–Kier alpha value is -1.84. The van der Waals surface area contributed by atoms with E-state index in [9.17, 15) is 9.59 Å². The molecule has 1 atom stereocenters. The van der Waals surface area contributed by atoms with Gasteiger partial charge in [0.2, 0.25) is 0 Å². The summed E-state index contributed by atoms with van der Waals surface area (Å²) in [6.07, 6.45) is 0.112. The Kier molecular flexibility index (Phi) is 2.19. The van der Waals surface area contributed by atoms with Crippen molar-refractivity contribution in [3.63, 3.8) is 0 Å². The molecule has 0 amide bonds. The van der Waals surface area contributed by atoms with Crippen LogP contribution in [0.3, 0.4) is 0 Å². The van der Waals surface area contributed by atoms with Gasteiger partial charge in [0.1, 0.15) is 12.2 Å². The molecule has 4 nitrogen and oxygen atoms in total. The molecule has 1 aromatic rings. The van der Waals surface area contributed by atoms with Gasteiger partial charge in [-0.15, -0.1) is 0 Å². The molecule has 0 spiro atoms. The zero-order valence-corrected chi connectivity index (χ0v) is 7.93. The Morgan fingerprint density at radius 2 is 2.13 bits per heavy atom. The summed E-state index contributed by atoms with van der Waals surface area (Å²) in [5, 5.41) is 17.6. The van der Waals surface area contributed by atoms with Crippen molar-refractivity contribution < 1.29 is 19.8 Å². The molecule has 1 aliphatic rings. The standard InChI is InChI=1S/C11H10O4/c12-7-1-2-8-6(3-7)4-9(8)10(13)5-11(14)15/h1-3,9,12H,4-5H2,(H,14,15). The van der Waals surface area contributed by atoms with Crippen LogP contribution in [-0.2, 0) is 16.0 Å². The molecular formula is C11H10O4. The monoisotopic (exact) mass is 206 g/mol. The second-order valence-corrected chi connectivity index (χ2v) is 3.68. The molecule has 0 saturated carbocycles. The van der Waals surface area contributed by atoms with Crippen LogP contribution in [0.25, 0.3) is 0 Å². The summed E-state index contributed by atoms with van der Waals surface area (Å²) in [7, 11) is 0. The molecule has 78 valence electrons. The average Bonchev–Trinajstić information content (AvgIpc) is 2.08. The first-order valence-corrected chi connectivity index (χ1v) is 4.64.